The fraction of sp³-hybridized carbons (Fsp3) is 0.889. The summed E-state index contributed by atoms with van der Waals surface area (Å²) in [5.74, 6) is 0.960. The maximum Gasteiger partial charge on any atom is 0.193 e. The van der Waals surface area contributed by atoms with Gasteiger partial charge >= 0.3 is 0 Å². The fourth-order valence-electron chi connectivity index (χ4n) is 1.67. The molecule has 6 heteroatoms. The van der Waals surface area contributed by atoms with Crippen LogP contribution in [-0.2, 0) is 10.8 Å². The van der Waals surface area contributed by atoms with Crippen LogP contribution in [0.3, 0.4) is 0 Å². The molecule has 1 heterocycles. The van der Waals surface area contributed by atoms with Crippen molar-refractivity contribution in [2.75, 3.05) is 32.9 Å². The van der Waals surface area contributed by atoms with Gasteiger partial charge in [0.15, 0.2) is 5.96 Å². The number of likely N-dealkylation sites (N-methyl/N-ethyl adjacent to an activating group) is 1. The van der Waals surface area contributed by atoms with E-state index in [1.807, 2.05) is 7.05 Å². The summed E-state index contributed by atoms with van der Waals surface area (Å²) in [4.78, 5) is 6.45. The molecule has 2 aliphatic rings. The average Bonchev–Trinajstić information content (AvgIpc) is 2.83. The molecule has 0 radical (unpaired) electrons. The van der Waals surface area contributed by atoms with Gasteiger partial charge in [0.2, 0.25) is 0 Å². The Bertz CT molecular complexity index is 291. The van der Waals surface area contributed by atoms with Crippen molar-refractivity contribution < 1.29 is 4.21 Å². The highest BCUT2D eigenvalue weighted by Gasteiger charge is 2.46. The molecule has 1 aliphatic heterocycles. The van der Waals surface area contributed by atoms with Crippen molar-refractivity contribution in [1.29, 1.82) is 0 Å². The molecule has 1 aliphatic carbocycles. The zero-order valence-electron chi connectivity index (χ0n) is 9.15. The van der Waals surface area contributed by atoms with Crippen LogP contribution < -0.4 is 5.32 Å². The van der Waals surface area contributed by atoms with Gasteiger partial charge in [0.1, 0.15) is 0 Å². The van der Waals surface area contributed by atoms with E-state index in [0.717, 1.165) is 38.4 Å². The summed E-state index contributed by atoms with van der Waals surface area (Å²) >= 11 is 0. The Morgan fingerprint density at radius 1 is 1.60 bits per heavy atom. The molecule has 0 aromatic rings. The van der Waals surface area contributed by atoms with Crippen LogP contribution in [0.15, 0.2) is 4.99 Å². The van der Waals surface area contributed by atoms with Gasteiger partial charge in [0, 0.05) is 37.2 Å². The van der Waals surface area contributed by atoms with Crippen LogP contribution in [0.2, 0.25) is 0 Å². The molecule has 0 saturated heterocycles. The molecule has 1 N–H and O–H groups in total. The summed E-state index contributed by atoms with van der Waals surface area (Å²) in [6.45, 7) is 2.67. The zero-order valence-corrected chi connectivity index (χ0v) is 12.3. The molecule has 4 nitrogen and oxygen atoms in total. The van der Waals surface area contributed by atoms with E-state index in [1.54, 1.807) is 6.26 Å². The first kappa shape index (κ1) is 13.2. The van der Waals surface area contributed by atoms with Crippen LogP contribution in [0.5, 0.6) is 0 Å². The molecule has 0 spiro atoms. The summed E-state index contributed by atoms with van der Waals surface area (Å²) < 4.78 is 11.5. The normalized spacial score (nSPS) is 24.1. The molecule has 15 heavy (non-hydrogen) atoms. The minimum atomic E-state index is -0.712. The third-order valence-electron chi connectivity index (χ3n) is 3.04. The highest BCUT2D eigenvalue weighted by Crippen LogP contribution is 2.40. The second-order valence-electron chi connectivity index (χ2n) is 4.12. The molecule has 1 atom stereocenters. The predicted molar refractivity (Wildman–Crippen MR) is 74.4 cm³/mol. The van der Waals surface area contributed by atoms with Gasteiger partial charge < -0.3 is 10.2 Å². The second-order valence-corrected chi connectivity index (χ2v) is 5.89. The van der Waals surface area contributed by atoms with Gasteiger partial charge in [-0.05, 0) is 12.8 Å². The van der Waals surface area contributed by atoms with Crippen LogP contribution in [0, 0.1) is 0 Å². The number of hydrogen-bond acceptors (Lipinski definition) is 4. The minimum Gasteiger partial charge on any atom is -0.355 e. The fourth-order valence-corrected chi connectivity index (χ4v) is 2.62. The summed E-state index contributed by atoms with van der Waals surface area (Å²) in [5, 5.41) is 3.30. The Labute approximate surface area is 110 Å². The lowest BCUT2D eigenvalue weighted by atomic mass is 10.4. The summed E-state index contributed by atoms with van der Waals surface area (Å²) in [5.41, 5.74) is 0. The molecule has 2 rings (SSSR count). The van der Waals surface area contributed by atoms with Crippen LogP contribution in [-0.4, -0.2) is 52.8 Å². The monoisotopic (exact) mass is 343 g/mol. The number of nitrogens with one attached hydrogen (secondary N) is 1. The van der Waals surface area contributed by atoms with E-state index in [1.165, 1.54) is 0 Å². The molecule has 0 amide bonds. The first-order chi connectivity index (χ1) is 6.64. The maximum absolute atomic E-state index is 11.4. The number of guanidine groups is 1. The van der Waals surface area contributed by atoms with E-state index in [2.05, 4.69) is 15.2 Å². The largest absolute Gasteiger partial charge is 0.355 e. The van der Waals surface area contributed by atoms with Gasteiger partial charge in [-0.1, -0.05) is 0 Å². The van der Waals surface area contributed by atoms with Crippen molar-refractivity contribution in [3.05, 3.63) is 0 Å². The smallest absolute Gasteiger partial charge is 0.193 e. The highest BCUT2D eigenvalue weighted by atomic mass is 127. The lowest BCUT2D eigenvalue weighted by molar-refractivity contribution is 0.532. The third kappa shape index (κ3) is 2.83. The highest BCUT2D eigenvalue weighted by molar-refractivity contribution is 14.0. The van der Waals surface area contributed by atoms with E-state index in [-0.39, 0.29) is 28.7 Å². The standard InChI is InChI=1S/C9H17N3OS.HI/c1-12-6-5-10-8(12)11-7-9(3-4-9)14(2)13;/h3-7H2,1-2H3,(H,10,11);1H. The lowest BCUT2D eigenvalue weighted by Gasteiger charge is -2.18. The predicted octanol–water partition coefficient (Wildman–Crippen LogP) is 0.406. The van der Waals surface area contributed by atoms with Gasteiger partial charge in [-0.2, -0.15) is 0 Å². The Hall–Kier alpha value is 0.150. The van der Waals surface area contributed by atoms with Crippen LogP contribution in [0.4, 0.5) is 0 Å². The molecular formula is C9H18IN3OS. The van der Waals surface area contributed by atoms with Crippen molar-refractivity contribution in [3.8, 4) is 0 Å². The van der Waals surface area contributed by atoms with Crippen molar-refractivity contribution >= 4 is 40.7 Å². The zero-order chi connectivity index (χ0) is 10.2. The first-order valence-electron chi connectivity index (χ1n) is 4.97. The van der Waals surface area contributed by atoms with Gasteiger partial charge in [0.05, 0.1) is 11.3 Å². The topological polar surface area (TPSA) is 44.7 Å². The lowest BCUT2D eigenvalue weighted by Crippen LogP contribution is -2.41. The molecule has 0 bridgehead atoms. The SMILES string of the molecule is CN1CCN=C1NCC1(S(C)=O)CC1.I. The molecule has 1 fully saturated rings. The number of hydrogen-bond donors (Lipinski definition) is 1. The van der Waals surface area contributed by atoms with E-state index < -0.39 is 10.8 Å². The molecule has 0 aromatic carbocycles. The summed E-state index contributed by atoms with van der Waals surface area (Å²) in [7, 11) is 1.32. The van der Waals surface area contributed by atoms with E-state index in [0.29, 0.717) is 0 Å². The minimum absolute atomic E-state index is 0. The van der Waals surface area contributed by atoms with Crippen LogP contribution in [0.1, 0.15) is 12.8 Å². The van der Waals surface area contributed by atoms with E-state index in [9.17, 15) is 4.21 Å². The number of halogens is 1. The number of rotatable bonds is 3. The average molecular weight is 343 g/mol. The van der Waals surface area contributed by atoms with Gasteiger partial charge in [0.25, 0.3) is 0 Å². The summed E-state index contributed by atoms with van der Waals surface area (Å²) in [6.07, 6.45) is 3.97. The van der Waals surface area contributed by atoms with Crippen LogP contribution in [0.25, 0.3) is 0 Å². The van der Waals surface area contributed by atoms with Crippen molar-refractivity contribution in [2.45, 2.75) is 17.6 Å². The third-order valence-corrected chi connectivity index (χ3v) is 4.82. The van der Waals surface area contributed by atoms with Gasteiger partial charge in [-0.15, -0.1) is 24.0 Å². The van der Waals surface area contributed by atoms with Crippen LogP contribution >= 0.6 is 24.0 Å². The Morgan fingerprint density at radius 3 is 2.67 bits per heavy atom. The summed E-state index contributed by atoms with van der Waals surface area (Å²) in [6, 6.07) is 0. The van der Waals surface area contributed by atoms with Gasteiger partial charge in [-0.25, -0.2) is 0 Å². The number of nitrogens with zero attached hydrogens (tertiary/aromatic N) is 2. The van der Waals surface area contributed by atoms with Crippen molar-refractivity contribution in [3.63, 3.8) is 0 Å². The van der Waals surface area contributed by atoms with Gasteiger partial charge in [-0.3, -0.25) is 9.20 Å². The van der Waals surface area contributed by atoms with E-state index in [4.69, 9.17) is 0 Å². The molecule has 1 saturated carbocycles. The molecule has 1 unspecified atom stereocenters. The Morgan fingerprint density at radius 2 is 2.27 bits per heavy atom. The van der Waals surface area contributed by atoms with Crippen molar-refractivity contribution in [2.24, 2.45) is 4.99 Å². The van der Waals surface area contributed by atoms with Crippen molar-refractivity contribution in [1.82, 2.24) is 10.2 Å². The molecular weight excluding hydrogens is 325 g/mol. The Kier molecular flexibility index (Phi) is 4.39. The van der Waals surface area contributed by atoms with E-state index >= 15 is 0 Å². The number of aliphatic imine (C=N–C) groups is 1. The first-order valence-corrected chi connectivity index (χ1v) is 6.53. The molecule has 88 valence electrons. The maximum atomic E-state index is 11.4. The Balaban J connectivity index is 0.00000112. The molecule has 0 aromatic heterocycles. The second kappa shape index (κ2) is 4.99. The quantitative estimate of drug-likeness (QED) is 0.755.